The molecule has 3 unspecified atom stereocenters. The molecule has 0 aliphatic heterocycles. The molecule has 0 aromatic carbocycles. The number of carbonyl (C=O) groups is 1. The summed E-state index contributed by atoms with van der Waals surface area (Å²) in [7, 11) is 1.70. The van der Waals surface area contributed by atoms with E-state index in [1.165, 1.54) is 6.42 Å². The Morgan fingerprint density at radius 1 is 1.31 bits per heavy atom. The van der Waals surface area contributed by atoms with Gasteiger partial charge in [-0.2, -0.15) is 0 Å². The fourth-order valence-corrected chi connectivity index (χ4v) is 2.28. The van der Waals surface area contributed by atoms with E-state index in [4.69, 9.17) is 9.47 Å². The van der Waals surface area contributed by atoms with Crippen LogP contribution in [0.3, 0.4) is 0 Å². The second-order valence-electron chi connectivity index (χ2n) is 4.72. The van der Waals surface area contributed by atoms with Gasteiger partial charge < -0.3 is 9.47 Å². The Bertz CT molecular complexity index is 215. The molecule has 3 heteroatoms. The van der Waals surface area contributed by atoms with Gasteiger partial charge in [-0.3, -0.25) is 4.79 Å². The average molecular weight is 228 g/mol. The van der Waals surface area contributed by atoms with E-state index >= 15 is 0 Å². The molecule has 3 nitrogen and oxygen atoms in total. The van der Waals surface area contributed by atoms with E-state index in [-0.39, 0.29) is 24.1 Å². The van der Waals surface area contributed by atoms with Crippen LogP contribution in [0.2, 0.25) is 0 Å². The maximum atomic E-state index is 11.8. The van der Waals surface area contributed by atoms with E-state index in [0.29, 0.717) is 0 Å². The quantitative estimate of drug-likeness (QED) is 0.679. The van der Waals surface area contributed by atoms with Crippen molar-refractivity contribution in [3.05, 3.63) is 0 Å². The summed E-state index contributed by atoms with van der Waals surface area (Å²) in [6.07, 6.45) is 6.28. The highest BCUT2D eigenvalue weighted by atomic mass is 16.6. The van der Waals surface area contributed by atoms with Crippen molar-refractivity contribution in [3.8, 4) is 0 Å². The van der Waals surface area contributed by atoms with Crippen LogP contribution < -0.4 is 0 Å². The van der Waals surface area contributed by atoms with Crippen LogP contribution in [-0.4, -0.2) is 25.3 Å². The average Bonchev–Trinajstić information content (AvgIpc) is 2.30. The Morgan fingerprint density at radius 3 is 2.50 bits per heavy atom. The predicted molar refractivity (Wildman–Crippen MR) is 63.2 cm³/mol. The van der Waals surface area contributed by atoms with E-state index in [1.54, 1.807) is 7.11 Å². The summed E-state index contributed by atoms with van der Waals surface area (Å²) in [4.78, 5) is 11.8. The first kappa shape index (κ1) is 13.5. The zero-order valence-corrected chi connectivity index (χ0v) is 10.7. The normalized spacial score (nSPS) is 27.4. The molecule has 0 spiro atoms. The molecule has 0 bridgehead atoms. The van der Waals surface area contributed by atoms with Crippen molar-refractivity contribution >= 4 is 5.97 Å². The molecule has 0 radical (unpaired) electrons. The van der Waals surface area contributed by atoms with Crippen LogP contribution in [0.1, 0.15) is 52.4 Å². The number of carbonyl (C=O) groups excluding carboxylic acids is 1. The largest absolute Gasteiger partial charge is 0.459 e. The molecule has 0 amide bonds. The number of hydrogen-bond donors (Lipinski definition) is 0. The lowest BCUT2D eigenvalue weighted by atomic mass is 9.94. The lowest BCUT2D eigenvalue weighted by Gasteiger charge is -2.30. The van der Waals surface area contributed by atoms with Crippen LogP contribution in [0.15, 0.2) is 0 Å². The van der Waals surface area contributed by atoms with Crippen LogP contribution in [0, 0.1) is 5.92 Å². The minimum Gasteiger partial charge on any atom is -0.459 e. The third-order valence-electron chi connectivity index (χ3n) is 3.34. The summed E-state index contributed by atoms with van der Waals surface area (Å²) in [5.74, 6) is -0.0415. The zero-order valence-electron chi connectivity index (χ0n) is 10.7. The number of rotatable bonds is 5. The van der Waals surface area contributed by atoms with Gasteiger partial charge in [0.25, 0.3) is 0 Å². The smallest absolute Gasteiger partial charge is 0.309 e. The molecule has 3 atom stereocenters. The highest BCUT2D eigenvalue weighted by molar-refractivity contribution is 5.72. The molecule has 16 heavy (non-hydrogen) atoms. The summed E-state index contributed by atoms with van der Waals surface area (Å²) in [6.45, 7) is 4.03. The third-order valence-corrected chi connectivity index (χ3v) is 3.34. The molecular weight excluding hydrogens is 204 g/mol. The Morgan fingerprint density at radius 2 is 1.94 bits per heavy atom. The Balaban J connectivity index is 2.41. The number of methoxy groups -OCH3 is 1. The van der Waals surface area contributed by atoms with Crippen LogP contribution in [0.25, 0.3) is 0 Å². The molecule has 94 valence electrons. The SMILES string of the molecule is CCCC(C)C(=O)OC1CCCCC1OC. The molecule has 1 saturated carbocycles. The van der Waals surface area contributed by atoms with Crippen molar-refractivity contribution in [2.24, 2.45) is 5.92 Å². The van der Waals surface area contributed by atoms with Gasteiger partial charge in [-0.25, -0.2) is 0 Å². The van der Waals surface area contributed by atoms with Crippen LogP contribution in [0.4, 0.5) is 0 Å². The Labute approximate surface area is 98.5 Å². The minimum absolute atomic E-state index is 0.0180. The van der Waals surface area contributed by atoms with Gasteiger partial charge in [0, 0.05) is 7.11 Å². The molecule has 0 aromatic rings. The molecule has 0 saturated heterocycles. The first-order valence-electron chi connectivity index (χ1n) is 6.42. The van der Waals surface area contributed by atoms with Crippen molar-refractivity contribution < 1.29 is 14.3 Å². The lowest BCUT2D eigenvalue weighted by molar-refractivity contribution is -0.163. The Kier molecular flexibility index (Phi) is 5.81. The van der Waals surface area contributed by atoms with Gasteiger partial charge in [-0.05, 0) is 25.7 Å². The fraction of sp³-hybridized carbons (Fsp3) is 0.923. The number of ether oxygens (including phenoxy) is 2. The summed E-state index contributed by atoms with van der Waals surface area (Å²) in [5.41, 5.74) is 0. The molecule has 1 aliphatic rings. The zero-order chi connectivity index (χ0) is 12.0. The summed E-state index contributed by atoms with van der Waals surface area (Å²) < 4.78 is 10.9. The predicted octanol–water partition coefficient (Wildman–Crippen LogP) is 2.92. The first-order chi connectivity index (χ1) is 7.69. The van der Waals surface area contributed by atoms with Gasteiger partial charge >= 0.3 is 5.97 Å². The van der Waals surface area contributed by atoms with Crippen molar-refractivity contribution in [2.75, 3.05) is 7.11 Å². The van der Waals surface area contributed by atoms with Gasteiger partial charge in [0.15, 0.2) is 0 Å². The monoisotopic (exact) mass is 228 g/mol. The second-order valence-corrected chi connectivity index (χ2v) is 4.72. The summed E-state index contributed by atoms with van der Waals surface area (Å²) in [6, 6.07) is 0. The van der Waals surface area contributed by atoms with Crippen molar-refractivity contribution in [3.63, 3.8) is 0 Å². The molecular formula is C13H24O3. The standard InChI is InChI=1S/C13H24O3/c1-4-7-10(2)13(14)16-12-9-6-5-8-11(12)15-3/h10-12H,4-9H2,1-3H3. The third kappa shape index (κ3) is 3.78. The van der Waals surface area contributed by atoms with Crippen molar-refractivity contribution in [1.82, 2.24) is 0 Å². The molecule has 1 fully saturated rings. The van der Waals surface area contributed by atoms with Crippen LogP contribution in [0.5, 0.6) is 0 Å². The highest BCUT2D eigenvalue weighted by Gasteiger charge is 2.29. The molecule has 0 N–H and O–H groups in total. The summed E-state index contributed by atoms with van der Waals surface area (Å²) >= 11 is 0. The van der Waals surface area contributed by atoms with Gasteiger partial charge in [0.05, 0.1) is 12.0 Å². The topological polar surface area (TPSA) is 35.5 Å². The minimum atomic E-state index is -0.0594. The van der Waals surface area contributed by atoms with Gasteiger partial charge in [-0.15, -0.1) is 0 Å². The van der Waals surface area contributed by atoms with Crippen molar-refractivity contribution in [1.29, 1.82) is 0 Å². The van der Waals surface area contributed by atoms with Gasteiger partial charge in [0.2, 0.25) is 0 Å². The van der Waals surface area contributed by atoms with Crippen LogP contribution in [-0.2, 0) is 14.3 Å². The first-order valence-corrected chi connectivity index (χ1v) is 6.42. The van der Waals surface area contributed by atoms with E-state index < -0.39 is 0 Å². The van der Waals surface area contributed by atoms with E-state index in [1.807, 2.05) is 6.92 Å². The van der Waals surface area contributed by atoms with Gasteiger partial charge in [0.1, 0.15) is 6.10 Å². The molecule has 1 rings (SSSR count). The number of hydrogen-bond acceptors (Lipinski definition) is 3. The van der Waals surface area contributed by atoms with Crippen molar-refractivity contribution in [2.45, 2.75) is 64.6 Å². The lowest BCUT2D eigenvalue weighted by Crippen LogP contribution is -2.36. The molecule has 0 aromatic heterocycles. The van der Waals surface area contributed by atoms with E-state index in [9.17, 15) is 4.79 Å². The molecule has 1 aliphatic carbocycles. The fourth-order valence-electron chi connectivity index (χ4n) is 2.28. The molecule has 0 heterocycles. The van der Waals surface area contributed by atoms with E-state index in [0.717, 1.165) is 32.1 Å². The van der Waals surface area contributed by atoms with Gasteiger partial charge in [-0.1, -0.05) is 26.7 Å². The second kappa shape index (κ2) is 6.89. The number of esters is 1. The maximum absolute atomic E-state index is 11.8. The maximum Gasteiger partial charge on any atom is 0.309 e. The highest BCUT2D eigenvalue weighted by Crippen LogP contribution is 2.24. The van der Waals surface area contributed by atoms with Crippen LogP contribution >= 0.6 is 0 Å². The summed E-state index contributed by atoms with van der Waals surface area (Å²) in [5, 5.41) is 0. The van der Waals surface area contributed by atoms with E-state index in [2.05, 4.69) is 6.92 Å². The Hall–Kier alpha value is -0.570.